The number of hydrogen-bond acceptors (Lipinski definition) is 2. The highest BCUT2D eigenvalue weighted by atomic mass is 16.3. The second kappa shape index (κ2) is 15.6. The minimum Gasteiger partial charge on any atom is -0.455 e. The van der Waals surface area contributed by atoms with Crippen LogP contribution in [-0.2, 0) is 5.41 Å². The first-order valence-corrected chi connectivity index (χ1v) is 23.8. The maximum Gasteiger partial charge on any atom is 0.143 e. The van der Waals surface area contributed by atoms with E-state index in [0.717, 1.165) is 55.5 Å². The van der Waals surface area contributed by atoms with Crippen LogP contribution >= 0.6 is 0 Å². The van der Waals surface area contributed by atoms with Gasteiger partial charge in [-0.2, -0.15) is 0 Å². The van der Waals surface area contributed by atoms with E-state index in [1.165, 1.54) is 71.4 Å². The molecule has 0 aliphatic heterocycles. The maximum atomic E-state index is 7.29. The molecule has 0 spiro atoms. The first-order chi connectivity index (χ1) is 34.2. The molecule has 0 fully saturated rings. The number of nitrogens with zero attached hydrogens (tertiary/aromatic N) is 1. The van der Waals surface area contributed by atoms with E-state index in [1.54, 1.807) is 0 Å². The predicted octanol–water partition coefficient (Wildman–Crippen LogP) is 18.2. The summed E-state index contributed by atoms with van der Waals surface area (Å²) in [6.07, 6.45) is 0. The van der Waals surface area contributed by atoms with Crippen molar-refractivity contribution >= 4 is 71.3 Å². The molecule has 13 aromatic rings. The third-order valence-electron chi connectivity index (χ3n) is 14.7. The summed E-state index contributed by atoms with van der Waals surface area (Å²) in [5.74, 6) is 0. The summed E-state index contributed by atoms with van der Waals surface area (Å²) in [4.78, 5) is 2.45. The lowest BCUT2D eigenvalue weighted by atomic mass is 9.67. The van der Waals surface area contributed by atoms with Gasteiger partial charge in [-0.3, -0.25) is 0 Å². The lowest BCUT2D eigenvalue weighted by Crippen LogP contribution is -2.28. The number of anilines is 3. The van der Waals surface area contributed by atoms with Crippen LogP contribution in [0.2, 0.25) is 0 Å². The molecule has 2 heteroatoms. The summed E-state index contributed by atoms with van der Waals surface area (Å²) < 4.78 is 7.29. The third-order valence-corrected chi connectivity index (χ3v) is 14.7. The molecular formula is C67H43NO. The average molecular weight is 878 g/mol. The van der Waals surface area contributed by atoms with Crippen LogP contribution in [0.15, 0.2) is 265 Å². The molecule has 0 N–H and O–H groups in total. The topological polar surface area (TPSA) is 16.4 Å². The molecule has 1 aliphatic carbocycles. The Morgan fingerprint density at radius 3 is 1.64 bits per heavy atom. The fourth-order valence-electron chi connectivity index (χ4n) is 11.8. The van der Waals surface area contributed by atoms with E-state index in [0.29, 0.717) is 0 Å². The smallest absolute Gasteiger partial charge is 0.143 e. The van der Waals surface area contributed by atoms with Crippen molar-refractivity contribution < 1.29 is 4.42 Å². The predicted molar refractivity (Wildman–Crippen MR) is 289 cm³/mol. The van der Waals surface area contributed by atoms with E-state index in [9.17, 15) is 0 Å². The van der Waals surface area contributed by atoms with E-state index < -0.39 is 5.41 Å². The van der Waals surface area contributed by atoms with E-state index in [1.807, 2.05) is 0 Å². The molecule has 12 aromatic carbocycles. The minimum absolute atomic E-state index is 0.557. The quantitative estimate of drug-likeness (QED) is 0.148. The molecule has 0 atom stereocenters. The molecule has 1 aromatic heterocycles. The normalized spacial score (nSPS) is 12.8. The highest BCUT2D eigenvalue weighted by Gasteiger charge is 2.46. The van der Waals surface area contributed by atoms with Crippen LogP contribution in [0.25, 0.3) is 87.6 Å². The van der Waals surface area contributed by atoms with E-state index >= 15 is 0 Å². The molecule has 1 heterocycles. The molecule has 0 amide bonds. The molecule has 2 nitrogen and oxygen atoms in total. The SMILES string of the molecule is c1ccc(-c2ccc(N(c3ccc4c(c3)C(c3ccccc3)(c3ccccc3)c3ccccc3-4)c3cccc4oc5c(-c6cc7ccccc7c7ccccc67)c6ccccc6cc5c34)cc2)cc1. The average Bonchev–Trinajstić information content (AvgIpc) is 3.95. The van der Waals surface area contributed by atoms with Gasteiger partial charge in [0.2, 0.25) is 0 Å². The van der Waals surface area contributed by atoms with Gasteiger partial charge in [-0.05, 0) is 131 Å². The first kappa shape index (κ1) is 39.2. The van der Waals surface area contributed by atoms with Crippen LogP contribution in [0.4, 0.5) is 17.1 Å². The monoisotopic (exact) mass is 877 g/mol. The Balaban J connectivity index is 1.06. The molecule has 69 heavy (non-hydrogen) atoms. The molecule has 0 bridgehead atoms. The molecule has 0 unspecified atom stereocenters. The fourth-order valence-corrected chi connectivity index (χ4v) is 11.8. The number of hydrogen-bond donors (Lipinski definition) is 0. The summed E-state index contributed by atoms with van der Waals surface area (Å²) in [5.41, 5.74) is 16.5. The molecule has 0 radical (unpaired) electrons. The third kappa shape index (κ3) is 5.92. The van der Waals surface area contributed by atoms with Crippen LogP contribution in [0, 0.1) is 0 Å². The number of furan rings is 1. The van der Waals surface area contributed by atoms with Gasteiger partial charge in [0, 0.05) is 22.3 Å². The van der Waals surface area contributed by atoms with Crippen molar-refractivity contribution in [2.24, 2.45) is 0 Å². The van der Waals surface area contributed by atoms with Crippen LogP contribution in [-0.4, -0.2) is 0 Å². The van der Waals surface area contributed by atoms with Crippen molar-refractivity contribution in [1.82, 2.24) is 0 Å². The van der Waals surface area contributed by atoms with Crippen molar-refractivity contribution in [2.45, 2.75) is 5.41 Å². The fraction of sp³-hybridized carbons (Fsp3) is 0.0149. The zero-order valence-electron chi connectivity index (χ0n) is 37.7. The van der Waals surface area contributed by atoms with Gasteiger partial charge >= 0.3 is 0 Å². The maximum absolute atomic E-state index is 7.29. The zero-order chi connectivity index (χ0) is 45.5. The van der Waals surface area contributed by atoms with Gasteiger partial charge in [-0.15, -0.1) is 0 Å². The number of benzene rings is 12. The van der Waals surface area contributed by atoms with Crippen LogP contribution in [0.1, 0.15) is 22.3 Å². The Labute approximate surface area is 400 Å². The van der Waals surface area contributed by atoms with Crippen molar-refractivity contribution in [3.63, 3.8) is 0 Å². The Bertz CT molecular complexity index is 4080. The summed E-state index contributed by atoms with van der Waals surface area (Å²) >= 11 is 0. The van der Waals surface area contributed by atoms with Gasteiger partial charge in [-0.1, -0.05) is 212 Å². The Hall–Kier alpha value is -8.98. The second-order valence-electron chi connectivity index (χ2n) is 18.3. The van der Waals surface area contributed by atoms with Crippen LogP contribution < -0.4 is 4.90 Å². The van der Waals surface area contributed by atoms with Gasteiger partial charge < -0.3 is 9.32 Å². The van der Waals surface area contributed by atoms with Gasteiger partial charge in [0.05, 0.1) is 16.5 Å². The second-order valence-corrected chi connectivity index (χ2v) is 18.3. The van der Waals surface area contributed by atoms with Crippen molar-refractivity contribution in [3.05, 3.63) is 283 Å². The lowest BCUT2D eigenvalue weighted by Gasteiger charge is -2.35. The molecular weight excluding hydrogens is 835 g/mol. The summed E-state index contributed by atoms with van der Waals surface area (Å²) in [7, 11) is 0. The molecule has 322 valence electrons. The Morgan fingerprint density at radius 2 is 0.899 bits per heavy atom. The van der Waals surface area contributed by atoms with E-state index in [2.05, 4.69) is 266 Å². The largest absolute Gasteiger partial charge is 0.455 e. The lowest BCUT2D eigenvalue weighted by molar-refractivity contribution is 0.670. The number of fused-ring (bicyclic) bond motifs is 10. The number of rotatable bonds is 7. The van der Waals surface area contributed by atoms with Crippen LogP contribution in [0.3, 0.4) is 0 Å². The molecule has 0 saturated carbocycles. The first-order valence-electron chi connectivity index (χ1n) is 23.8. The van der Waals surface area contributed by atoms with Gasteiger partial charge in [0.1, 0.15) is 11.2 Å². The van der Waals surface area contributed by atoms with Gasteiger partial charge in [-0.25, -0.2) is 0 Å². The van der Waals surface area contributed by atoms with Crippen molar-refractivity contribution in [2.75, 3.05) is 4.90 Å². The van der Waals surface area contributed by atoms with Gasteiger partial charge in [0.15, 0.2) is 0 Å². The van der Waals surface area contributed by atoms with Crippen molar-refractivity contribution in [1.29, 1.82) is 0 Å². The molecule has 0 saturated heterocycles. The highest BCUT2D eigenvalue weighted by Crippen LogP contribution is 2.58. The summed E-state index contributed by atoms with van der Waals surface area (Å²) in [5, 5.41) is 9.36. The van der Waals surface area contributed by atoms with Crippen LogP contribution in [0.5, 0.6) is 0 Å². The summed E-state index contributed by atoms with van der Waals surface area (Å²) in [6.45, 7) is 0. The highest BCUT2D eigenvalue weighted by molar-refractivity contribution is 6.25. The Morgan fingerprint density at radius 1 is 0.333 bits per heavy atom. The van der Waals surface area contributed by atoms with E-state index in [4.69, 9.17) is 4.42 Å². The van der Waals surface area contributed by atoms with Crippen molar-refractivity contribution in [3.8, 4) is 33.4 Å². The van der Waals surface area contributed by atoms with E-state index in [-0.39, 0.29) is 0 Å². The standard InChI is InChI=1S/C67H43NO/c1-4-19-44(20-5-1)45-35-37-50(38-36-45)68(51-39-40-57-56-31-16-17-32-60(56)67(61(57)43-51,48-23-6-2-7-24-48)49-25-8-3-9-26-49)62-33-18-34-63-65(62)59-42-47-22-11-13-28-53(47)64(66(59)69-63)58-41-46-21-10-12-27-52(46)54-29-14-15-30-55(54)58/h1-43H. The molecule has 1 aliphatic rings. The zero-order valence-corrected chi connectivity index (χ0v) is 37.7. The summed E-state index contributed by atoms with van der Waals surface area (Å²) in [6, 6.07) is 95.5. The molecule has 14 rings (SSSR count). The Kier molecular flexibility index (Phi) is 8.84. The van der Waals surface area contributed by atoms with Gasteiger partial charge in [0.25, 0.3) is 0 Å². The minimum atomic E-state index is -0.557.